The Labute approximate surface area is 123 Å². The molecule has 116 valence electrons. The predicted molar refractivity (Wildman–Crippen MR) is 77.0 cm³/mol. The molecule has 0 fully saturated rings. The lowest BCUT2D eigenvalue weighted by atomic mass is 9.87. The summed E-state index contributed by atoms with van der Waals surface area (Å²) in [7, 11) is 1.52. The number of carboxylic acid groups (broad SMARTS) is 1. The highest BCUT2D eigenvalue weighted by molar-refractivity contribution is 5.83. The van der Waals surface area contributed by atoms with Crippen LogP contribution >= 0.6 is 0 Å². The van der Waals surface area contributed by atoms with Crippen LogP contribution in [0.4, 0.5) is 4.79 Å². The van der Waals surface area contributed by atoms with E-state index in [1.165, 1.54) is 7.11 Å². The molecule has 7 nitrogen and oxygen atoms in total. The van der Waals surface area contributed by atoms with E-state index in [1.807, 2.05) is 0 Å². The highest BCUT2D eigenvalue weighted by atomic mass is 16.5. The minimum atomic E-state index is -1.07. The monoisotopic (exact) mass is 295 g/mol. The first-order valence-electron chi connectivity index (χ1n) is 6.50. The van der Waals surface area contributed by atoms with Gasteiger partial charge in [-0.3, -0.25) is 0 Å². The van der Waals surface area contributed by atoms with E-state index in [9.17, 15) is 9.59 Å². The fraction of sp³-hybridized carbons (Fsp3) is 0.500. The summed E-state index contributed by atoms with van der Waals surface area (Å²) in [6, 6.07) is 1.95. The first-order valence-corrected chi connectivity index (χ1v) is 6.50. The molecule has 0 aromatic carbocycles. The van der Waals surface area contributed by atoms with Crippen molar-refractivity contribution in [3.05, 3.63) is 23.9 Å². The van der Waals surface area contributed by atoms with Gasteiger partial charge in [0.1, 0.15) is 6.04 Å². The SMILES string of the molecule is COc1ccc(CNC(=O)N[C@H](C(=O)O)C(C)(C)C)cn1. The van der Waals surface area contributed by atoms with Crippen molar-refractivity contribution in [1.82, 2.24) is 15.6 Å². The topological polar surface area (TPSA) is 101 Å². The zero-order chi connectivity index (χ0) is 16.0. The zero-order valence-electron chi connectivity index (χ0n) is 12.6. The summed E-state index contributed by atoms with van der Waals surface area (Å²) in [4.78, 5) is 26.9. The van der Waals surface area contributed by atoms with E-state index in [4.69, 9.17) is 9.84 Å². The van der Waals surface area contributed by atoms with Crippen LogP contribution in [0.15, 0.2) is 18.3 Å². The molecule has 0 saturated heterocycles. The molecule has 0 aliphatic rings. The Bertz CT molecular complexity index is 494. The average molecular weight is 295 g/mol. The van der Waals surface area contributed by atoms with Gasteiger partial charge in [0.25, 0.3) is 0 Å². The lowest BCUT2D eigenvalue weighted by molar-refractivity contribution is -0.141. The van der Waals surface area contributed by atoms with Crippen molar-refractivity contribution in [2.75, 3.05) is 7.11 Å². The lowest BCUT2D eigenvalue weighted by Crippen LogP contribution is -2.52. The van der Waals surface area contributed by atoms with Gasteiger partial charge in [-0.05, 0) is 11.0 Å². The molecule has 0 radical (unpaired) electrons. The minimum Gasteiger partial charge on any atom is -0.481 e. The second kappa shape index (κ2) is 6.92. The first-order chi connectivity index (χ1) is 9.74. The second-order valence-electron chi connectivity index (χ2n) is 5.67. The number of pyridine rings is 1. The molecule has 0 unspecified atom stereocenters. The van der Waals surface area contributed by atoms with Crippen LogP contribution in [0, 0.1) is 5.41 Å². The maximum Gasteiger partial charge on any atom is 0.326 e. The van der Waals surface area contributed by atoms with Crippen molar-refractivity contribution in [2.24, 2.45) is 5.41 Å². The van der Waals surface area contributed by atoms with Gasteiger partial charge in [-0.15, -0.1) is 0 Å². The number of aromatic nitrogens is 1. The van der Waals surface area contributed by atoms with Crippen LogP contribution in [0.3, 0.4) is 0 Å². The molecule has 0 aliphatic heterocycles. The van der Waals surface area contributed by atoms with E-state index in [1.54, 1.807) is 39.1 Å². The Morgan fingerprint density at radius 2 is 2.05 bits per heavy atom. The van der Waals surface area contributed by atoms with E-state index < -0.39 is 23.5 Å². The highest BCUT2D eigenvalue weighted by Crippen LogP contribution is 2.19. The van der Waals surface area contributed by atoms with E-state index in [0.717, 1.165) is 5.56 Å². The molecule has 0 bridgehead atoms. The van der Waals surface area contributed by atoms with Crippen molar-refractivity contribution < 1.29 is 19.4 Å². The standard InChI is InChI=1S/C14H21N3O4/c1-14(2,3)11(12(18)19)17-13(20)16-8-9-5-6-10(21-4)15-7-9/h5-7,11H,8H2,1-4H3,(H,18,19)(H2,16,17,20)/t11-/m1/s1. The molecule has 3 N–H and O–H groups in total. The molecule has 1 aromatic heterocycles. The molecule has 2 amide bonds. The number of hydrogen-bond acceptors (Lipinski definition) is 4. The summed E-state index contributed by atoms with van der Waals surface area (Å²) in [5.41, 5.74) is 0.207. The van der Waals surface area contributed by atoms with Crippen molar-refractivity contribution in [2.45, 2.75) is 33.4 Å². The maximum atomic E-state index is 11.8. The third kappa shape index (κ3) is 5.29. The smallest absolute Gasteiger partial charge is 0.326 e. The highest BCUT2D eigenvalue weighted by Gasteiger charge is 2.32. The van der Waals surface area contributed by atoms with E-state index in [0.29, 0.717) is 5.88 Å². The van der Waals surface area contributed by atoms with Gasteiger partial charge < -0.3 is 20.5 Å². The van der Waals surface area contributed by atoms with Crippen LogP contribution in [-0.2, 0) is 11.3 Å². The molecule has 1 rings (SSSR count). The van der Waals surface area contributed by atoms with E-state index in [-0.39, 0.29) is 6.54 Å². The number of carbonyl (C=O) groups excluding carboxylic acids is 1. The molecule has 1 aromatic rings. The number of methoxy groups -OCH3 is 1. The Morgan fingerprint density at radius 3 is 2.48 bits per heavy atom. The molecule has 0 aliphatic carbocycles. The Morgan fingerprint density at radius 1 is 1.38 bits per heavy atom. The molecule has 21 heavy (non-hydrogen) atoms. The van der Waals surface area contributed by atoms with Crippen LogP contribution < -0.4 is 15.4 Å². The van der Waals surface area contributed by atoms with Crippen molar-refractivity contribution >= 4 is 12.0 Å². The fourth-order valence-corrected chi connectivity index (χ4v) is 1.65. The Balaban J connectivity index is 2.54. The van der Waals surface area contributed by atoms with E-state index >= 15 is 0 Å². The number of hydrogen-bond donors (Lipinski definition) is 3. The van der Waals surface area contributed by atoms with Crippen LogP contribution in [0.25, 0.3) is 0 Å². The number of aliphatic carboxylic acids is 1. The maximum absolute atomic E-state index is 11.8. The number of amides is 2. The summed E-state index contributed by atoms with van der Waals surface area (Å²) < 4.78 is 4.94. The average Bonchev–Trinajstić information content (AvgIpc) is 2.41. The van der Waals surface area contributed by atoms with Crippen molar-refractivity contribution in [3.63, 3.8) is 0 Å². The molecule has 0 saturated carbocycles. The second-order valence-corrected chi connectivity index (χ2v) is 5.67. The van der Waals surface area contributed by atoms with Gasteiger partial charge in [0.2, 0.25) is 5.88 Å². The van der Waals surface area contributed by atoms with Crippen LogP contribution in [0.1, 0.15) is 26.3 Å². The molecule has 0 spiro atoms. The van der Waals surface area contributed by atoms with Gasteiger partial charge in [0.15, 0.2) is 0 Å². The quantitative estimate of drug-likeness (QED) is 0.762. The van der Waals surface area contributed by atoms with E-state index in [2.05, 4.69) is 15.6 Å². The van der Waals surface area contributed by atoms with Crippen LogP contribution in [0.2, 0.25) is 0 Å². The number of carboxylic acids is 1. The number of carbonyl (C=O) groups is 2. The predicted octanol–water partition coefficient (Wildman–Crippen LogP) is 1.39. The summed E-state index contributed by atoms with van der Waals surface area (Å²) in [6.07, 6.45) is 1.58. The number of nitrogens with one attached hydrogen (secondary N) is 2. The summed E-state index contributed by atoms with van der Waals surface area (Å²) in [6.45, 7) is 5.50. The molecule has 1 heterocycles. The van der Waals surface area contributed by atoms with Gasteiger partial charge >= 0.3 is 12.0 Å². The zero-order valence-corrected chi connectivity index (χ0v) is 12.6. The summed E-state index contributed by atoms with van der Waals surface area (Å²) in [5.74, 6) is -0.578. The van der Waals surface area contributed by atoms with Gasteiger partial charge in [-0.2, -0.15) is 0 Å². The molecule has 7 heteroatoms. The minimum absolute atomic E-state index is 0.249. The largest absolute Gasteiger partial charge is 0.481 e. The normalized spacial score (nSPS) is 12.4. The van der Waals surface area contributed by atoms with Gasteiger partial charge in [-0.1, -0.05) is 26.8 Å². The molecular weight excluding hydrogens is 274 g/mol. The van der Waals surface area contributed by atoms with Gasteiger partial charge in [0.05, 0.1) is 7.11 Å². The number of ether oxygens (including phenoxy) is 1. The summed E-state index contributed by atoms with van der Waals surface area (Å²) >= 11 is 0. The number of rotatable bonds is 5. The Hall–Kier alpha value is -2.31. The van der Waals surface area contributed by atoms with Crippen LogP contribution in [-0.4, -0.2) is 35.2 Å². The van der Waals surface area contributed by atoms with Gasteiger partial charge in [-0.25, -0.2) is 14.6 Å². The Kier molecular flexibility index (Phi) is 5.52. The van der Waals surface area contributed by atoms with Crippen LogP contribution in [0.5, 0.6) is 5.88 Å². The number of urea groups is 1. The third-order valence-electron chi connectivity index (χ3n) is 2.85. The van der Waals surface area contributed by atoms with Gasteiger partial charge in [0, 0.05) is 18.8 Å². The van der Waals surface area contributed by atoms with Crippen molar-refractivity contribution in [3.8, 4) is 5.88 Å². The first kappa shape index (κ1) is 16.7. The molecule has 1 atom stereocenters. The molecular formula is C14H21N3O4. The van der Waals surface area contributed by atoms with Crippen molar-refractivity contribution in [1.29, 1.82) is 0 Å². The lowest BCUT2D eigenvalue weighted by Gasteiger charge is -2.27. The number of nitrogens with zero attached hydrogens (tertiary/aromatic N) is 1. The summed E-state index contributed by atoms with van der Waals surface area (Å²) in [5, 5.41) is 14.2. The fourth-order valence-electron chi connectivity index (χ4n) is 1.65. The third-order valence-corrected chi connectivity index (χ3v) is 2.85.